The van der Waals surface area contributed by atoms with Gasteiger partial charge in [-0.15, -0.1) is 0 Å². The Labute approximate surface area is 186 Å². The van der Waals surface area contributed by atoms with Crippen LogP contribution in [0.5, 0.6) is 0 Å². The lowest BCUT2D eigenvalue weighted by molar-refractivity contribution is -0.133. The molecule has 1 aliphatic rings. The number of aliphatic hydroxyl groups is 1. The van der Waals surface area contributed by atoms with E-state index >= 15 is 0 Å². The van der Waals surface area contributed by atoms with Crippen LogP contribution in [0.2, 0.25) is 0 Å². The maximum atomic E-state index is 13.3. The smallest absolute Gasteiger partial charge is 0.258 e. The summed E-state index contributed by atoms with van der Waals surface area (Å²) in [5.74, 6) is -1.48. The monoisotopic (exact) mass is 425 g/mol. The normalized spacial score (nSPS) is 17.6. The van der Waals surface area contributed by atoms with Gasteiger partial charge in [0.1, 0.15) is 0 Å². The molecule has 32 heavy (non-hydrogen) atoms. The molecule has 3 aromatic carbocycles. The number of hydrogen-bond acceptors (Lipinski definition) is 4. The minimum atomic E-state index is -2.05. The van der Waals surface area contributed by atoms with Crippen LogP contribution in [-0.2, 0) is 21.7 Å². The number of nitrogens with zero attached hydrogens (tertiary/aromatic N) is 2. The topological polar surface area (TPSA) is 107 Å². The molecule has 0 spiro atoms. The van der Waals surface area contributed by atoms with Crippen molar-refractivity contribution in [1.82, 2.24) is 4.90 Å². The second kappa shape index (κ2) is 8.66. The molecule has 4 rings (SSSR count). The van der Waals surface area contributed by atoms with Crippen molar-refractivity contribution in [3.05, 3.63) is 107 Å². The first-order chi connectivity index (χ1) is 15.4. The first-order valence-corrected chi connectivity index (χ1v) is 10.4. The van der Waals surface area contributed by atoms with Crippen molar-refractivity contribution in [2.45, 2.75) is 24.5 Å². The van der Waals surface area contributed by atoms with Crippen LogP contribution in [0.15, 0.2) is 78.9 Å². The van der Waals surface area contributed by atoms with Gasteiger partial charge >= 0.3 is 0 Å². The van der Waals surface area contributed by atoms with E-state index in [1.54, 1.807) is 77.7 Å². The summed E-state index contributed by atoms with van der Waals surface area (Å²) in [6.45, 7) is 0.931. The lowest BCUT2D eigenvalue weighted by atomic mass is 9.79. The molecule has 1 unspecified atom stereocenters. The van der Waals surface area contributed by atoms with E-state index in [1.807, 2.05) is 6.07 Å². The van der Waals surface area contributed by atoms with Gasteiger partial charge in [0, 0.05) is 18.7 Å². The fourth-order valence-corrected chi connectivity index (χ4v) is 4.38. The maximum absolute atomic E-state index is 13.3. The third-order valence-corrected chi connectivity index (χ3v) is 6.00. The lowest BCUT2D eigenvalue weighted by Gasteiger charge is -2.29. The highest BCUT2D eigenvalue weighted by atomic mass is 16.3. The van der Waals surface area contributed by atoms with E-state index in [0.717, 1.165) is 5.56 Å². The molecule has 1 aliphatic heterocycles. The van der Waals surface area contributed by atoms with Crippen LogP contribution in [0.25, 0.3) is 0 Å². The fourth-order valence-electron chi connectivity index (χ4n) is 4.38. The van der Waals surface area contributed by atoms with Crippen LogP contribution < -0.4 is 5.73 Å². The molecule has 0 radical (unpaired) electrons. The minimum absolute atomic E-state index is 0.0836. The van der Waals surface area contributed by atoms with Crippen molar-refractivity contribution < 1.29 is 14.7 Å². The van der Waals surface area contributed by atoms with Gasteiger partial charge in [0.05, 0.1) is 17.6 Å². The Balaban J connectivity index is 1.68. The van der Waals surface area contributed by atoms with E-state index < -0.39 is 17.4 Å². The van der Waals surface area contributed by atoms with Crippen molar-refractivity contribution in [3.8, 4) is 6.07 Å². The highest BCUT2D eigenvalue weighted by molar-refractivity contribution is 5.91. The predicted octanol–water partition coefficient (Wildman–Crippen LogP) is 2.80. The number of carbonyl (C=O) groups is 2. The third kappa shape index (κ3) is 3.75. The van der Waals surface area contributed by atoms with Gasteiger partial charge in [0.25, 0.3) is 5.91 Å². The Morgan fingerprint density at radius 2 is 1.81 bits per heavy atom. The molecular formula is C26H23N3O3. The first kappa shape index (κ1) is 21.3. The van der Waals surface area contributed by atoms with E-state index in [-0.39, 0.29) is 5.91 Å². The van der Waals surface area contributed by atoms with E-state index in [9.17, 15) is 14.7 Å². The number of likely N-dealkylation sites (tertiary alicyclic amines) is 1. The molecule has 3 N–H and O–H groups in total. The van der Waals surface area contributed by atoms with Crippen molar-refractivity contribution >= 4 is 11.8 Å². The van der Waals surface area contributed by atoms with E-state index in [1.165, 1.54) is 0 Å². The highest BCUT2D eigenvalue weighted by Gasteiger charge is 2.43. The molecule has 1 heterocycles. The first-order valence-electron chi connectivity index (χ1n) is 10.4. The summed E-state index contributed by atoms with van der Waals surface area (Å²) in [4.78, 5) is 27.5. The number of carbonyl (C=O) groups excluding carboxylic acids is 2. The minimum Gasteiger partial charge on any atom is -0.372 e. The molecule has 0 bridgehead atoms. The molecule has 0 saturated carbocycles. The van der Waals surface area contributed by atoms with Crippen molar-refractivity contribution in [2.75, 3.05) is 6.54 Å². The molecule has 1 fully saturated rings. The highest BCUT2D eigenvalue weighted by Crippen LogP contribution is 2.38. The molecule has 2 atom stereocenters. The van der Waals surface area contributed by atoms with Crippen LogP contribution in [0.1, 0.15) is 40.2 Å². The van der Waals surface area contributed by atoms with Crippen LogP contribution >= 0.6 is 0 Å². The Bertz CT molecular complexity index is 1200. The Kier molecular flexibility index (Phi) is 5.76. The predicted molar refractivity (Wildman–Crippen MR) is 119 cm³/mol. The second-order valence-electron chi connectivity index (χ2n) is 7.94. The molecular weight excluding hydrogens is 402 g/mol. The van der Waals surface area contributed by atoms with Crippen molar-refractivity contribution in [2.24, 2.45) is 5.73 Å². The zero-order chi connectivity index (χ0) is 22.7. The number of benzene rings is 3. The van der Waals surface area contributed by atoms with Gasteiger partial charge in [-0.1, -0.05) is 66.7 Å². The average molecular weight is 425 g/mol. The van der Waals surface area contributed by atoms with Crippen molar-refractivity contribution in [3.63, 3.8) is 0 Å². The van der Waals surface area contributed by atoms with Gasteiger partial charge in [0.15, 0.2) is 5.60 Å². The van der Waals surface area contributed by atoms with Crippen LogP contribution in [0.3, 0.4) is 0 Å². The quantitative estimate of drug-likeness (QED) is 0.633. The fraction of sp³-hybridized carbons (Fsp3) is 0.192. The third-order valence-electron chi connectivity index (χ3n) is 6.00. The average Bonchev–Trinajstić information content (AvgIpc) is 3.18. The van der Waals surface area contributed by atoms with Gasteiger partial charge in [-0.05, 0) is 35.2 Å². The van der Waals surface area contributed by atoms with Gasteiger partial charge < -0.3 is 15.7 Å². The molecule has 6 nitrogen and oxygen atoms in total. The molecule has 2 amide bonds. The summed E-state index contributed by atoms with van der Waals surface area (Å²) < 4.78 is 0. The summed E-state index contributed by atoms with van der Waals surface area (Å²) in [5, 5.41) is 20.6. The van der Waals surface area contributed by atoms with Gasteiger partial charge in [-0.25, -0.2) is 0 Å². The molecule has 160 valence electrons. The SMILES string of the molecule is N#Cc1cccc(CN2CC[C@@H](c3ccccc3C(O)(C(N)=O)c3ccccc3)C2=O)c1. The number of nitrogens with two attached hydrogens (primary N) is 1. The summed E-state index contributed by atoms with van der Waals surface area (Å²) in [6.07, 6.45) is 0.553. The lowest BCUT2D eigenvalue weighted by Crippen LogP contribution is -2.43. The number of rotatable bonds is 6. The van der Waals surface area contributed by atoms with Crippen LogP contribution in [0, 0.1) is 11.3 Å². The Morgan fingerprint density at radius 3 is 2.53 bits per heavy atom. The number of nitriles is 1. The van der Waals surface area contributed by atoms with Crippen LogP contribution in [0.4, 0.5) is 0 Å². The summed E-state index contributed by atoms with van der Waals surface area (Å²) in [6, 6.07) is 24.8. The van der Waals surface area contributed by atoms with Crippen molar-refractivity contribution in [1.29, 1.82) is 5.26 Å². The molecule has 0 aliphatic carbocycles. The van der Waals surface area contributed by atoms with Crippen LogP contribution in [-0.4, -0.2) is 28.4 Å². The maximum Gasteiger partial charge on any atom is 0.258 e. The van der Waals surface area contributed by atoms with Gasteiger partial charge in [-0.3, -0.25) is 9.59 Å². The van der Waals surface area contributed by atoms with E-state index in [2.05, 4.69) is 6.07 Å². The van der Waals surface area contributed by atoms with E-state index in [4.69, 9.17) is 11.0 Å². The number of hydrogen-bond donors (Lipinski definition) is 2. The largest absolute Gasteiger partial charge is 0.372 e. The zero-order valence-corrected chi connectivity index (χ0v) is 17.4. The number of amides is 2. The molecule has 6 heteroatoms. The molecule has 3 aromatic rings. The molecule has 0 aromatic heterocycles. The Morgan fingerprint density at radius 1 is 1.09 bits per heavy atom. The van der Waals surface area contributed by atoms with E-state index in [0.29, 0.717) is 41.8 Å². The van der Waals surface area contributed by atoms with Gasteiger partial charge in [0.2, 0.25) is 5.91 Å². The molecule has 1 saturated heterocycles. The summed E-state index contributed by atoms with van der Waals surface area (Å²) in [5.41, 5.74) is 6.34. The zero-order valence-electron chi connectivity index (χ0n) is 17.4. The standard InChI is InChI=1S/C26H23N3O3/c27-16-18-7-6-8-19(15-18)17-29-14-13-22(24(29)30)21-11-4-5-12-23(21)26(32,25(28)31)20-9-2-1-3-10-20/h1-12,15,22,32H,13-14,17H2,(H2,28,31)/t22-,26?/m0/s1. The summed E-state index contributed by atoms with van der Waals surface area (Å²) in [7, 11) is 0. The summed E-state index contributed by atoms with van der Waals surface area (Å²) >= 11 is 0. The second-order valence-corrected chi connectivity index (χ2v) is 7.94. The Hall–Kier alpha value is -3.95. The number of primary amides is 1. The van der Waals surface area contributed by atoms with Gasteiger partial charge in [-0.2, -0.15) is 5.26 Å².